The van der Waals surface area contributed by atoms with E-state index in [1.54, 1.807) is 29.5 Å². The van der Waals surface area contributed by atoms with Crippen molar-refractivity contribution in [2.45, 2.75) is 6.92 Å². The van der Waals surface area contributed by atoms with Crippen molar-refractivity contribution in [1.82, 2.24) is 9.97 Å². The Kier molecular flexibility index (Phi) is 3.53. The molecule has 0 fully saturated rings. The first-order valence-electron chi connectivity index (χ1n) is 6.22. The number of phenols is 1. The lowest BCUT2D eigenvalue weighted by molar-refractivity contribution is 0.475. The van der Waals surface area contributed by atoms with Crippen LogP contribution in [0.4, 0.5) is 5.82 Å². The minimum atomic E-state index is 0.0395. The Hall–Kier alpha value is -2.11. The zero-order valence-electron chi connectivity index (χ0n) is 11.2. The Morgan fingerprint density at radius 2 is 2.05 bits per heavy atom. The molecule has 3 rings (SSSR count). The van der Waals surface area contributed by atoms with E-state index in [1.165, 1.54) is 6.20 Å². The molecule has 0 aliphatic carbocycles. The van der Waals surface area contributed by atoms with E-state index in [2.05, 4.69) is 9.97 Å². The number of aromatic nitrogens is 2. The average Bonchev–Trinajstić information content (AvgIpc) is 2.88. The summed E-state index contributed by atoms with van der Waals surface area (Å²) in [6.07, 6.45) is 1.52. The van der Waals surface area contributed by atoms with Gasteiger partial charge in [0.2, 0.25) is 0 Å². The largest absolute Gasteiger partial charge is 0.506 e. The predicted octanol–water partition coefficient (Wildman–Crippen LogP) is 4.12. The molecule has 4 nitrogen and oxygen atoms in total. The molecule has 2 aromatic heterocycles. The third kappa shape index (κ3) is 2.57. The van der Waals surface area contributed by atoms with Crippen molar-refractivity contribution in [3.05, 3.63) is 46.4 Å². The monoisotopic (exact) mass is 317 g/mol. The zero-order valence-corrected chi connectivity index (χ0v) is 12.7. The van der Waals surface area contributed by atoms with E-state index < -0.39 is 0 Å². The molecule has 0 aliphatic heterocycles. The van der Waals surface area contributed by atoms with Crippen molar-refractivity contribution >= 4 is 28.8 Å². The van der Waals surface area contributed by atoms with E-state index in [9.17, 15) is 5.11 Å². The lowest BCUT2D eigenvalue weighted by atomic mass is 10.1. The molecule has 0 atom stereocenters. The SMILES string of the molecule is Cc1ccsc1-c1nc(N)cnc1-c1ccc(O)c(Cl)c1. The van der Waals surface area contributed by atoms with Crippen LogP contribution in [0.25, 0.3) is 21.8 Å². The number of nitrogen functional groups attached to an aromatic ring is 1. The first-order chi connectivity index (χ1) is 10.1. The van der Waals surface area contributed by atoms with Crippen LogP contribution in [0.5, 0.6) is 5.75 Å². The second kappa shape index (κ2) is 5.35. The van der Waals surface area contributed by atoms with Crippen molar-refractivity contribution in [2.24, 2.45) is 0 Å². The van der Waals surface area contributed by atoms with Crippen molar-refractivity contribution < 1.29 is 5.11 Å². The summed E-state index contributed by atoms with van der Waals surface area (Å²) in [5.74, 6) is 0.407. The van der Waals surface area contributed by atoms with E-state index in [4.69, 9.17) is 17.3 Å². The molecular weight excluding hydrogens is 306 g/mol. The van der Waals surface area contributed by atoms with Gasteiger partial charge in [-0.05, 0) is 42.1 Å². The molecule has 0 unspecified atom stereocenters. The van der Waals surface area contributed by atoms with Crippen molar-refractivity contribution in [1.29, 1.82) is 0 Å². The van der Waals surface area contributed by atoms with Crippen LogP contribution in [0.15, 0.2) is 35.8 Å². The van der Waals surface area contributed by atoms with Gasteiger partial charge in [-0.3, -0.25) is 4.98 Å². The van der Waals surface area contributed by atoms with Gasteiger partial charge in [0.25, 0.3) is 0 Å². The summed E-state index contributed by atoms with van der Waals surface area (Å²) >= 11 is 7.57. The maximum absolute atomic E-state index is 9.55. The zero-order chi connectivity index (χ0) is 15.0. The van der Waals surface area contributed by atoms with Crippen LogP contribution in [-0.2, 0) is 0 Å². The van der Waals surface area contributed by atoms with Gasteiger partial charge in [-0.15, -0.1) is 11.3 Å². The molecule has 21 heavy (non-hydrogen) atoms. The summed E-state index contributed by atoms with van der Waals surface area (Å²) in [6.45, 7) is 2.02. The Morgan fingerprint density at radius 1 is 1.24 bits per heavy atom. The standard InChI is InChI=1S/C15H12ClN3OS/c1-8-4-5-21-15(8)14-13(18-7-12(17)19-14)9-2-3-11(20)10(16)6-9/h2-7,20H,1H3,(H2,17,19). The highest BCUT2D eigenvalue weighted by Gasteiger charge is 2.15. The highest BCUT2D eigenvalue weighted by Crippen LogP contribution is 2.36. The number of hydrogen-bond acceptors (Lipinski definition) is 5. The Bertz CT molecular complexity index is 816. The van der Waals surface area contributed by atoms with E-state index in [1.807, 2.05) is 18.4 Å². The molecule has 0 saturated carbocycles. The molecule has 3 aromatic rings. The van der Waals surface area contributed by atoms with E-state index in [0.717, 1.165) is 21.7 Å². The van der Waals surface area contributed by atoms with Crippen LogP contribution in [0.2, 0.25) is 5.02 Å². The molecule has 0 amide bonds. The normalized spacial score (nSPS) is 10.8. The number of thiophene rings is 1. The number of anilines is 1. The molecular formula is C15H12ClN3OS. The van der Waals surface area contributed by atoms with Crippen LogP contribution >= 0.6 is 22.9 Å². The lowest BCUT2D eigenvalue weighted by Crippen LogP contribution is -1.98. The topological polar surface area (TPSA) is 72.0 Å². The molecule has 1 aromatic carbocycles. The molecule has 0 saturated heterocycles. The summed E-state index contributed by atoms with van der Waals surface area (Å²) in [6, 6.07) is 7.00. The van der Waals surface area contributed by atoms with Gasteiger partial charge < -0.3 is 10.8 Å². The molecule has 0 bridgehead atoms. The number of nitrogens with zero attached hydrogens (tertiary/aromatic N) is 2. The second-order valence-corrected chi connectivity index (χ2v) is 5.91. The fraction of sp³-hybridized carbons (Fsp3) is 0.0667. The summed E-state index contributed by atoms with van der Waals surface area (Å²) in [7, 11) is 0. The summed E-state index contributed by atoms with van der Waals surface area (Å²) < 4.78 is 0. The van der Waals surface area contributed by atoms with Gasteiger partial charge in [-0.1, -0.05) is 11.6 Å². The molecule has 0 radical (unpaired) electrons. The maximum atomic E-state index is 9.55. The Morgan fingerprint density at radius 3 is 2.71 bits per heavy atom. The molecule has 3 N–H and O–H groups in total. The molecule has 0 spiro atoms. The van der Waals surface area contributed by atoms with Crippen LogP contribution in [0, 0.1) is 6.92 Å². The van der Waals surface area contributed by atoms with Gasteiger partial charge in [0, 0.05) is 5.56 Å². The number of halogens is 1. The van der Waals surface area contributed by atoms with Crippen LogP contribution in [0.1, 0.15) is 5.56 Å². The number of benzene rings is 1. The van der Waals surface area contributed by atoms with E-state index >= 15 is 0 Å². The summed E-state index contributed by atoms with van der Waals surface area (Å²) in [4.78, 5) is 9.84. The fourth-order valence-corrected chi connectivity index (χ4v) is 3.14. The first kappa shape index (κ1) is 13.9. The first-order valence-corrected chi connectivity index (χ1v) is 7.48. The maximum Gasteiger partial charge on any atom is 0.142 e. The van der Waals surface area contributed by atoms with Gasteiger partial charge in [0.05, 0.1) is 21.8 Å². The van der Waals surface area contributed by atoms with Gasteiger partial charge in [-0.2, -0.15) is 0 Å². The number of phenolic OH excluding ortho intramolecular Hbond substituents is 1. The van der Waals surface area contributed by atoms with Gasteiger partial charge >= 0.3 is 0 Å². The second-order valence-electron chi connectivity index (χ2n) is 4.59. The molecule has 2 heterocycles. The van der Waals surface area contributed by atoms with Gasteiger partial charge in [-0.25, -0.2) is 4.98 Å². The number of aryl methyl sites for hydroxylation is 1. The summed E-state index contributed by atoms with van der Waals surface area (Å²) in [5.41, 5.74) is 9.10. The molecule has 6 heteroatoms. The number of hydrogen-bond donors (Lipinski definition) is 2. The van der Waals surface area contributed by atoms with E-state index in [-0.39, 0.29) is 10.8 Å². The lowest BCUT2D eigenvalue weighted by Gasteiger charge is -2.09. The predicted molar refractivity (Wildman–Crippen MR) is 86.6 cm³/mol. The van der Waals surface area contributed by atoms with Crippen LogP contribution < -0.4 is 5.73 Å². The van der Waals surface area contributed by atoms with Crippen molar-refractivity contribution in [2.75, 3.05) is 5.73 Å². The average molecular weight is 318 g/mol. The quantitative estimate of drug-likeness (QED) is 0.745. The highest BCUT2D eigenvalue weighted by molar-refractivity contribution is 7.13. The summed E-state index contributed by atoms with van der Waals surface area (Å²) in [5, 5.41) is 11.8. The molecule has 106 valence electrons. The third-order valence-electron chi connectivity index (χ3n) is 3.09. The number of rotatable bonds is 2. The third-order valence-corrected chi connectivity index (χ3v) is 4.42. The van der Waals surface area contributed by atoms with E-state index in [0.29, 0.717) is 11.5 Å². The number of nitrogens with two attached hydrogens (primary N) is 1. The van der Waals surface area contributed by atoms with Crippen LogP contribution in [-0.4, -0.2) is 15.1 Å². The number of aromatic hydroxyl groups is 1. The Balaban J connectivity index is 2.23. The van der Waals surface area contributed by atoms with Crippen molar-refractivity contribution in [3.63, 3.8) is 0 Å². The van der Waals surface area contributed by atoms with Gasteiger partial charge in [0.1, 0.15) is 17.3 Å². The fourth-order valence-electron chi connectivity index (χ4n) is 2.04. The smallest absolute Gasteiger partial charge is 0.142 e. The van der Waals surface area contributed by atoms with Crippen LogP contribution in [0.3, 0.4) is 0 Å². The minimum Gasteiger partial charge on any atom is -0.506 e. The molecule has 0 aliphatic rings. The minimum absolute atomic E-state index is 0.0395. The van der Waals surface area contributed by atoms with Crippen molar-refractivity contribution in [3.8, 4) is 27.6 Å². The Labute approximate surface area is 130 Å². The van der Waals surface area contributed by atoms with Gasteiger partial charge in [0.15, 0.2) is 0 Å². The highest BCUT2D eigenvalue weighted by atomic mass is 35.5.